The summed E-state index contributed by atoms with van der Waals surface area (Å²) in [4.78, 5) is 28.3. The summed E-state index contributed by atoms with van der Waals surface area (Å²) in [5.41, 5.74) is 3.86. The minimum absolute atomic E-state index is 0.0248. The molecule has 1 heterocycles. The van der Waals surface area contributed by atoms with E-state index in [1.807, 2.05) is 62.9 Å². The number of hydrogen-bond donors (Lipinski definition) is 2. The Kier molecular flexibility index (Phi) is 6.49. The van der Waals surface area contributed by atoms with Gasteiger partial charge in [0.2, 0.25) is 5.91 Å². The monoisotopic (exact) mass is 407 g/mol. The van der Waals surface area contributed by atoms with Crippen LogP contribution in [0.2, 0.25) is 0 Å². The number of hydrogen-bond acceptors (Lipinski definition) is 2. The first-order valence-corrected chi connectivity index (χ1v) is 10.7. The second-order valence-electron chi connectivity index (χ2n) is 9.27. The molecule has 3 rings (SSSR count). The minimum Gasteiger partial charge on any atom is -0.333 e. The number of carbonyl (C=O) groups excluding carboxylic acids is 2. The quantitative estimate of drug-likeness (QED) is 0.758. The number of nitrogens with zero attached hydrogens (tertiary/aromatic N) is 1. The van der Waals surface area contributed by atoms with Crippen molar-refractivity contribution in [1.29, 1.82) is 0 Å². The third-order valence-electron chi connectivity index (χ3n) is 5.77. The van der Waals surface area contributed by atoms with Crippen LogP contribution < -0.4 is 10.6 Å². The van der Waals surface area contributed by atoms with Gasteiger partial charge in [-0.3, -0.25) is 4.79 Å². The predicted molar refractivity (Wildman–Crippen MR) is 121 cm³/mol. The van der Waals surface area contributed by atoms with E-state index in [9.17, 15) is 9.59 Å². The van der Waals surface area contributed by atoms with E-state index in [2.05, 4.69) is 35.8 Å². The van der Waals surface area contributed by atoms with Crippen LogP contribution in [0.1, 0.15) is 50.8 Å². The van der Waals surface area contributed by atoms with Crippen LogP contribution in [0, 0.1) is 12.3 Å². The number of nitrogens with one attached hydrogen (secondary N) is 2. The fourth-order valence-electron chi connectivity index (χ4n) is 4.05. The van der Waals surface area contributed by atoms with Crippen LogP contribution in [0.3, 0.4) is 0 Å². The van der Waals surface area contributed by atoms with Crippen molar-refractivity contribution in [2.45, 2.75) is 66.1 Å². The summed E-state index contributed by atoms with van der Waals surface area (Å²) in [6.07, 6.45) is 1.73. The van der Waals surface area contributed by atoms with Crippen LogP contribution in [-0.4, -0.2) is 28.9 Å². The van der Waals surface area contributed by atoms with Gasteiger partial charge >= 0.3 is 6.03 Å². The van der Waals surface area contributed by atoms with Gasteiger partial charge in [0.1, 0.15) is 6.04 Å². The zero-order valence-electron chi connectivity index (χ0n) is 18.7. The number of anilines is 1. The first-order valence-electron chi connectivity index (χ1n) is 10.7. The summed E-state index contributed by atoms with van der Waals surface area (Å²) in [6.45, 7) is 10.6. The number of benzene rings is 2. The number of urea groups is 1. The molecule has 3 amide bonds. The topological polar surface area (TPSA) is 61.4 Å². The molecule has 0 fully saturated rings. The average Bonchev–Trinajstić information content (AvgIpc) is 2.69. The molecule has 1 unspecified atom stereocenters. The summed E-state index contributed by atoms with van der Waals surface area (Å²) in [5.74, 6) is -0.0248. The Labute approximate surface area is 179 Å². The van der Waals surface area contributed by atoms with Gasteiger partial charge in [-0.2, -0.15) is 0 Å². The lowest BCUT2D eigenvalue weighted by atomic mass is 9.84. The molecular weight excluding hydrogens is 374 g/mol. The third-order valence-corrected chi connectivity index (χ3v) is 5.77. The number of amides is 3. The second kappa shape index (κ2) is 8.90. The summed E-state index contributed by atoms with van der Waals surface area (Å²) in [7, 11) is 0. The van der Waals surface area contributed by atoms with Crippen molar-refractivity contribution in [3.63, 3.8) is 0 Å². The van der Waals surface area contributed by atoms with Gasteiger partial charge in [0.25, 0.3) is 0 Å². The summed E-state index contributed by atoms with van der Waals surface area (Å²) >= 11 is 0. The van der Waals surface area contributed by atoms with Crippen molar-refractivity contribution in [1.82, 2.24) is 10.2 Å². The van der Waals surface area contributed by atoms with Gasteiger partial charge in [-0.1, -0.05) is 64.1 Å². The third kappa shape index (κ3) is 5.02. The van der Waals surface area contributed by atoms with Gasteiger partial charge < -0.3 is 15.5 Å². The molecule has 2 aromatic rings. The van der Waals surface area contributed by atoms with Gasteiger partial charge in [-0.15, -0.1) is 0 Å². The van der Waals surface area contributed by atoms with Crippen molar-refractivity contribution in [3.8, 4) is 0 Å². The summed E-state index contributed by atoms with van der Waals surface area (Å²) < 4.78 is 0. The Balaban J connectivity index is 1.79. The summed E-state index contributed by atoms with van der Waals surface area (Å²) in [5, 5.41) is 5.81. The number of fused-ring (bicyclic) bond motifs is 1. The second-order valence-corrected chi connectivity index (χ2v) is 9.27. The van der Waals surface area contributed by atoms with Crippen molar-refractivity contribution in [3.05, 3.63) is 65.2 Å². The maximum absolute atomic E-state index is 13.6. The van der Waals surface area contributed by atoms with Gasteiger partial charge in [0.05, 0.1) is 0 Å². The molecule has 0 radical (unpaired) electrons. The lowest BCUT2D eigenvalue weighted by molar-refractivity contribution is -0.139. The Morgan fingerprint density at radius 2 is 1.80 bits per heavy atom. The van der Waals surface area contributed by atoms with Gasteiger partial charge in [0.15, 0.2) is 0 Å². The SMILES string of the molecule is CC[C@H]1Cc2ccccc2CN1C(=O)C(NC(=O)Nc1cccc(C)c1)C(C)(C)C. The van der Waals surface area contributed by atoms with E-state index in [-0.39, 0.29) is 18.0 Å². The maximum atomic E-state index is 13.6. The maximum Gasteiger partial charge on any atom is 0.319 e. The molecule has 1 aliphatic heterocycles. The molecule has 0 saturated carbocycles. The highest BCUT2D eigenvalue weighted by Crippen LogP contribution is 2.29. The standard InChI is InChI=1S/C25H33N3O2/c1-6-21-15-18-11-7-8-12-19(18)16-28(21)23(29)22(25(3,4)5)27-24(30)26-20-13-9-10-17(2)14-20/h7-14,21-22H,6,15-16H2,1-5H3,(H2,26,27,30)/t21-,22?/m0/s1. The van der Waals surface area contributed by atoms with E-state index in [1.54, 1.807) is 0 Å². The zero-order valence-corrected chi connectivity index (χ0v) is 18.7. The van der Waals surface area contributed by atoms with Gasteiger partial charge in [-0.05, 0) is 54.0 Å². The minimum atomic E-state index is -0.623. The Hall–Kier alpha value is -2.82. The van der Waals surface area contributed by atoms with Crippen molar-refractivity contribution >= 4 is 17.6 Å². The Bertz CT molecular complexity index is 917. The van der Waals surface area contributed by atoms with Crippen molar-refractivity contribution in [2.24, 2.45) is 5.41 Å². The number of rotatable bonds is 4. The fourth-order valence-corrected chi connectivity index (χ4v) is 4.05. The molecule has 0 saturated heterocycles. The lowest BCUT2D eigenvalue weighted by Crippen LogP contribution is -2.58. The van der Waals surface area contributed by atoms with Crippen LogP contribution in [0.4, 0.5) is 10.5 Å². The molecule has 2 N–H and O–H groups in total. The van der Waals surface area contributed by atoms with E-state index in [0.717, 1.165) is 18.4 Å². The zero-order chi connectivity index (χ0) is 21.9. The van der Waals surface area contributed by atoms with Crippen LogP contribution in [0.15, 0.2) is 48.5 Å². The molecular formula is C25H33N3O2. The molecule has 0 aliphatic carbocycles. The van der Waals surface area contributed by atoms with Crippen LogP contribution in [0.5, 0.6) is 0 Å². The van der Waals surface area contributed by atoms with Crippen molar-refractivity contribution in [2.75, 3.05) is 5.32 Å². The predicted octanol–water partition coefficient (Wildman–Crippen LogP) is 4.89. The van der Waals surface area contributed by atoms with Crippen molar-refractivity contribution < 1.29 is 9.59 Å². The molecule has 5 nitrogen and oxygen atoms in total. The highest BCUT2D eigenvalue weighted by atomic mass is 16.2. The smallest absolute Gasteiger partial charge is 0.319 e. The Morgan fingerprint density at radius 1 is 1.10 bits per heavy atom. The molecule has 2 atom stereocenters. The molecule has 0 aromatic heterocycles. The van der Waals surface area contributed by atoms with Crippen LogP contribution in [-0.2, 0) is 17.8 Å². The average molecular weight is 408 g/mol. The summed E-state index contributed by atoms with van der Waals surface area (Å²) in [6, 6.07) is 15.1. The highest BCUT2D eigenvalue weighted by Gasteiger charge is 2.39. The molecule has 0 spiro atoms. The normalized spacial score (nSPS) is 17.1. The fraction of sp³-hybridized carbons (Fsp3) is 0.440. The molecule has 160 valence electrons. The highest BCUT2D eigenvalue weighted by molar-refractivity contribution is 5.94. The van der Waals surface area contributed by atoms with Crippen LogP contribution in [0.25, 0.3) is 0 Å². The first kappa shape index (κ1) is 21.9. The number of aryl methyl sites for hydroxylation is 1. The molecule has 2 aromatic carbocycles. The van der Waals surface area contributed by atoms with E-state index in [1.165, 1.54) is 11.1 Å². The van der Waals surface area contributed by atoms with Crippen LogP contribution >= 0.6 is 0 Å². The largest absolute Gasteiger partial charge is 0.333 e. The first-order chi connectivity index (χ1) is 14.2. The number of carbonyl (C=O) groups is 2. The molecule has 0 bridgehead atoms. The Morgan fingerprint density at radius 3 is 2.43 bits per heavy atom. The van der Waals surface area contributed by atoms with Gasteiger partial charge in [0, 0.05) is 18.3 Å². The molecule has 30 heavy (non-hydrogen) atoms. The van der Waals surface area contributed by atoms with E-state index in [0.29, 0.717) is 12.2 Å². The molecule has 1 aliphatic rings. The van der Waals surface area contributed by atoms with Gasteiger partial charge in [-0.25, -0.2) is 4.79 Å². The molecule has 5 heteroatoms. The van der Waals surface area contributed by atoms with E-state index in [4.69, 9.17) is 0 Å². The van der Waals surface area contributed by atoms with E-state index >= 15 is 0 Å². The van der Waals surface area contributed by atoms with E-state index < -0.39 is 11.5 Å². The lowest BCUT2D eigenvalue weighted by Gasteiger charge is -2.41.